The van der Waals surface area contributed by atoms with Gasteiger partial charge in [0.05, 0.1) is 0 Å². The molecule has 3 heteroatoms. The van der Waals surface area contributed by atoms with E-state index in [1.807, 2.05) is 11.9 Å². The number of carbonyl (C=O) groups is 1. The molecular weight excluding hydrogens is 176 g/mol. The second-order valence-corrected chi connectivity index (χ2v) is 4.31. The average molecular weight is 198 g/mol. The molecule has 1 amide bonds. The molecule has 0 aromatic rings. The molecule has 1 fully saturated rings. The van der Waals surface area contributed by atoms with Crippen LogP contribution in [0.1, 0.15) is 32.6 Å². The zero-order chi connectivity index (χ0) is 10.4. The standard InChI is InChI=1S/C11H22N2O/c1-10(8-12-2)9-13-7-5-3-4-6-11(13)14/h10,12H,3-9H2,1-2H3. The van der Waals surface area contributed by atoms with Crippen LogP contribution in [0.5, 0.6) is 0 Å². The van der Waals surface area contributed by atoms with E-state index in [1.54, 1.807) is 0 Å². The van der Waals surface area contributed by atoms with Crippen LogP contribution < -0.4 is 5.32 Å². The summed E-state index contributed by atoms with van der Waals surface area (Å²) in [5.41, 5.74) is 0. The van der Waals surface area contributed by atoms with Crippen molar-refractivity contribution in [3.63, 3.8) is 0 Å². The molecule has 0 bridgehead atoms. The van der Waals surface area contributed by atoms with Crippen LogP contribution in [0.4, 0.5) is 0 Å². The Morgan fingerprint density at radius 3 is 2.93 bits per heavy atom. The summed E-state index contributed by atoms with van der Waals surface area (Å²) in [7, 11) is 1.96. The Morgan fingerprint density at radius 2 is 2.21 bits per heavy atom. The Bertz CT molecular complexity index is 182. The van der Waals surface area contributed by atoms with E-state index in [2.05, 4.69) is 12.2 Å². The van der Waals surface area contributed by atoms with Crippen molar-refractivity contribution in [3.05, 3.63) is 0 Å². The highest BCUT2D eigenvalue weighted by Gasteiger charge is 2.17. The van der Waals surface area contributed by atoms with E-state index in [4.69, 9.17) is 0 Å². The molecule has 0 aliphatic carbocycles. The van der Waals surface area contributed by atoms with Gasteiger partial charge in [0.1, 0.15) is 0 Å². The fourth-order valence-electron chi connectivity index (χ4n) is 2.02. The Morgan fingerprint density at radius 1 is 1.43 bits per heavy atom. The lowest BCUT2D eigenvalue weighted by molar-refractivity contribution is -0.131. The van der Waals surface area contributed by atoms with Crippen LogP contribution in [0.2, 0.25) is 0 Å². The molecule has 1 saturated heterocycles. The minimum absolute atomic E-state index is 0.352. The SMILES string of the molecule is CNCC(C)CN1CCCCCC1=O. The number of nitrogens with one attached hydrogen (secondary N) is 1. The Balaban J connectivity index is 2.36. The second-order valence-electron chi connectivity index (χ2n) is 4.31. The fraction of sp³-hybridized carbons (Fsp3) is 0.909. The van der Waals surface area contributed by atoms with Crippen LogP contribution in [0.15, 0.2) is 0 Å². The van der Waals surface area contributed by atoms with E-state index in [1.165, 1.54) is 12.8 Å². The number of hydrogen-bond donors (Lipinski definition) is 1. The van der Waals surface area contributed by atoms with Gasteiger partial charge < -0.3 is 10.2 Å². The van der Waals surface area contributed by atoms with Crippen LogP contribution in [-0.2, 0) is 4.79 Å². The molecule has 0 aromatic carbocycles. The maximum atomic E-state index is 11.7. The third-order valence-electron chi connectivity index (χ3n) is 2.76. The van der Waals surface area contributed by atoms with Crippen LogP contribution in [-0.4, -0.2) is 37.5 Å². The highest BCUT2D eigenvalue weighted by Crippen LogP contribution is 2.12. The first-order valence-corrected chi connectivity index (χ1v) is 5.66. The van der Waals surface area contributed by atoms with Crippen molar-refractivity contribution >= 4 is 5.91 Å². The van der Waals surface area contributed by atoms with Gasteiger partial charge in [0.2, 0.25) is 5.91 Å². The van der Waals surface area contributed by atoms with Crippen molar-refractivity contribution in [2.75, 3.05) is 26.7 Å². The Kier molecular flexibility index (Phi) is 4.94. The Labute approximate surface area is 86.9 Å². The minimum Gasteiger partial charge on any atom is -0.342 e. The number of nitrogens with zero attached hydrogens (tertiary/aromatic N) is 1. The summed E-state index contributed by atoms with van der Waals surface area (Å²) < 4.78 is 0. The van der Waals surface area contributed by atoms with E-state index in [9.17, 15) is 4.79 Å². The van der Waals surface area contributed by atoms with Gasteiger partial charge in [-0.3, -0.25) is 4.79 Å². The summed E-state index contributed by atoms with van der Waals surface area (Å²) >= 11 is 0. The van der Waals surface area contributed by atoms with Crippen molar-refractivity contribution in [3.8, 4) is 0 Å². The molecule has 1 aliphatic heterocycles. The highest BCUT2D eigenvalue weighted by atomic mass is 16.2. The van der Waals surface area contributed by atoms with Crippen molar-refractivity contribution in [2.24, 2.45) is 5.92 Å². The van der Waals surface area contributed by atoms with E-state index < -0.39 is 0 Å². The molecular formula is C11H22N2O. The van der Waals surface area contributed by atoms with Gasteiger partial charge in [-0.1, -0.05) is 13.3 Å². The van der Waals surface area contributed by atoms with Gasteiger partial charge >= 0.3 is 0 Å². The molecule has 0 spiro atoms. The van der Waals surface area contributed by atoms with Gasteiger partial charge in [0, 0.05) is 19.5 Å². The quantitative estimate of drug-likeness (QED) is 0.737. The van der Waals surface area contributed by atoms with Gasteiger partial charge in [-0.15, -0.1) is 0 Å². The number of carbonyl (C=O) groups excluding carboxylic acids is 1. The topological polar surface area (TPSA) is 32.3 Å². The third-order valence-corrected chi connectivity index (χ3v) is 2.76. The largest absolute Gasteiger partial charge is 0.342 e. The van der Waals surface area contributed by atoms with Crippen molar-refractivity contribution < 1.29 is 4.79 Å². The molecule has 3 nitrogen and oxygen atoms in total. The molecule has 1 atom stereocenters. The fourth-order valence-corrected chi connectivity index (χ4v) is 2.02. The molecule has 82 valence electrons. The predicted octanol–water partition coefficient (Wildman–Crippen LogP) is 1.24. The van der Waals surface area contributed by atoms with Gasteiger partial charge in [-0.25, -0.2) is 0 Å². The molecule has 14 heavy (non-hydrogen) atoms. The van der Waals surface area contributed by atoms with Gasteiger partial charge in [0.25, 0.3) is 0 Å². The van der Waals surface area contributed by atoms with Crippen LogP contribution in [0.25, 0.3) is 0 Å². The van der Waals surface area contributed by atoms with Crippen molar-refractivity contribution in [1.29, 1.82) is 0 Å². The average Bonchev–Trinajstić information content (AvgIpc) is 2.33. The second kappa shape index (κ2) is 6.02. The lowest BCUT2D eigenvalue weighted by Gasteiger charge is -2.24. The number of likely N-dealkylation sites (tertiary alicyclic amines) is 1. The minimum atomic E-state index is 0.352. The van der Waals surface area contributed by atoms with E-state index in [-0.39, 0.29) is 0 Å². The van der Waals surface area contributed by atoms with Crippen molar-refractivity contribution in [2.45, 2.75) is 32.6 Å². The number of rotatable bonds is 4. The monoisotopic (exact) mass is 198 g/mol. The first-order chi connectivity index (χ1) is 6.74. The maximum absolute atomic E-state index is 11.7. The first-order valence-electron chi connectivity index (χ1n) is 5.66. The lowest BCUT2D eigenvalue weighted by atomic mass is 10.1. The summed E-state index contributed by atoms with van der Waals surface area (Å²) in [4.78, 5) is 13.7. The normalized spacial score (nSPS) is 20.7. The summed E-state index contributed by atoms with van der Waals surface area (Å²) in [6, 6.07) is 0. The molecule has 0 saturated carbocycles. The molecule has 0 radical (unpaired) electrons. The summed E-state index contributed by atoms with van der Waals surface area (Å²) in [5, 5.41) is 3.15. The van der Waals surface area contributed by atoms with E-state index in [0.29, 0.717) is 11.8 Å². The van der Waals surface area contributed by atoms with E-state index in [0.717, 1.165) is 32.5 Å². The van der Waals surface area contributed by atoms with E-state index >= 15 is 0 Å². The van der Waals surface area contributed by atoms with Crippen LogP contribution in [0, 0.1) is 5.92 Å². The summed E-state index contributed by atoms with van der Waals surface area (Å²) in [6.45, 7) is 5.06. The lowest BCUT2D eigenvalue weighted by Crippen LogP contribution is -2.36. The molecule has 0 aromatic heterocycles. The van der Waals surface area contributed by atoms with Crippen LogP contribution >= 0.6 is 0 Å². The van der Waals surface area contributed by atoms with Crippen molar-refractivity contribution in [1.82, 2.24) is 10.2 Å². The van der Waals surface area contributed by atoms with Gasteiger partial charge in [0.15, 0.2) is 0 Å². The first kappa shape index (κ1) is 11.5. The zero-order valence-electron chi connectivity index (χ0n) is 9.38. The Hall–Kier alpha value is -0.570. The third kappa shape index (κ3) is 3.66. The zero-order valence-corrected chi connectivity index (χ0v) is 9.38. The van der Waals surface area contributed by atoms with Crippen LogP contribution in [0.3, 0.4) is 0 Å². The van der Waals surface area contributed by atoms with Gasteiger partial charge in [-0.2, -0.15) is 0 Å². The molecule has 1 N–H and O–H groups in total. The maximum Gasteiger partial charge on any atom is 0.222 e. The smallest absolute Gasteiger partial charge is 0.222 e. The predicted molar refractivity (Wildman–Crippen MR) is 58.1 cm³/mol. The number of amides is 1. The summed E-state index contributed by atoms with van der Waals surface area (Å²) in [6.07, 6.45) is 4.22. The molecule has 1 rings (SSSR count). The molecule has 1 aliphatic rings. The highest BCUT2D eigenvalue weighted by molar-refractivity contribution is 5.76. The molecule has 1 heterocycles. The van der Waals surface area contributed by atoms with Gasteiger partial charge in [-0.05, 0) is 32.4 Å². The molecule has 1 unspecified atom stereocenters. The number of hydrogen-bond acceptors (Lipinski definition) is 2. The summed E-state index contributed by atoms with van der Waals surface area (Å²) in [5.74, 6) is 0.910.